The second kappa shape index (κ2) is 11.7. The Morgan fingerprint density at radius 3 is 1.83 bits per heavy atom. The molecule has 0 aliphatic carbocycles. The smallest absolute Gasteiger partial charge is 0.414 e. The molecule has 2 fully saturated rings. The summed E-state index contributed by atoms with van der Waals surface area (Å²) in [5.74, 6) is -2.18. The minimum Gasteiger partial charge on any atom is -0.473 e. The highest BCUT2D eigenvalue weighted by molar-refractivity contribution is 6.27. The van der Waals surface area contributed by atoms with Gasteiger partial charge in [-0.05, 0) is 62.2 Å². The van der Waals surface area contributed by atoms with Gasteiger partial charge in [-0.25, -0.2) is 9.59 Å². The molecule has 1 aromatic rings. The first kappa shape index (κ1) is 23.9. The van der Waals surface area contributed by atoms with Crippen molar-refractivity contribution in [3.63, 3.8) is 0 Å². The summed E-state index contributed by atoms with van der Waals surface area (Å²) in [6.45, 7) is 9.57. The SMILES string of the molecule is CCc1ccc(CN2CCC(C(=O)N3CCC(C)CC3)CC2)cc1.O=C(O)C(=O)O. The van der Waals surface area contributed by atoms with E-state index in [0.717, 1.165) is 57.9 Å². The fourth-order valence-electron chi connectivity index (χ4n) is 3.96. The molecule has 30 heavy (non-hydrogen) atoms. The van der Waals surface area contributed by atoms with Gasteiger partial charge in [0, 0.05) is 25.6 Å². The second-order valence-corrected chi connectivity index (χ2v) is 8.34. The van der Waals surface area contributed by atoms with Gasteiger partial charge in [0.05, 0.1) is 0 Å². The Balaban J connectivity index is 0.000000469. The third-order valence-electron chi connectivity index (χ3n) is 6.05. The van der Waals surface area contributed by atoms with E-state index in [0.29, 0.717) is 5.91 Å². The van der Waals surface area contributed by atoms with E-state index in [4.69, 9.17) is 19.8 Å². The predicted octanol–water partition coefficient (Wildman–Crippen LogP) is 2.88. The van der Waals surface area contributed by atoms with Gasteiger partial charge < -0.3 is 15.1 Å². The number of carboxylic acid groups (broad SMARTS) is 2. The monoisotopic (exact) mass is 418 g/mol. The summed E-state index contributed by atoms with van der Waals surface area (Å²) in [5.41, 5.74) is 2.79. The Bertz CT molecular complexity index is 691. The molecule has 7 nitrogen and oxygen atoms in total. The Labute approximate surface area is 178 Å². The van der Waals surface area contributed by atoms with Crippen molar-refractivity contribution in [3.05, 3.63) is 35.4 Å². The number of carbonyl (C=O) groups excluding carboxylic acids is 1. The molecule has 2 aliphatic heterocycles. The van der Waals surface area contributed by atoms with Crippen molar-refractivity contribution >= 4 is 17.8 Å². The van der Waals surface area contributed by atoms with Gasteiger partial charge in [-0.3, -0.25) is 9.69 Å². The highest BCUT2D eigenvalue weighted by Gasteiger charge is 2.30. The van der Waals surface area contributed by atoms with Crippen molar-refractivity contribution in [1.29, 1.82) is 0 Å². The van der Waals surface area contributed by atoms with Crippen LogP contribution < -0.4 is 0 Å². The van der Waals surface area contributed by atoms with Crippen LogP contribution in [0.15, 0.2) is 24.3 Å². The van der Waals surface area contributed by atoms with E-state index < -0.39 is 11.9 Å². The van der Waals surface area contributed by atoms with Crippen LogP contribution in [0.25, 0.3) is 0 Å². The van der Waals surface area contributed by atoms with E-state index in [1.807, 2.05) is 0 Å². The average Bonchev–Trinajstić information content (AvgIpc) is 2.75. The molecule has 2 N–H and O–H groups in total. The molecule has 0 bridgehead atoms. The first-order valence-electron chi connectivity index (χ1n) is 10.8. The molecule has 0 spiro atoms. The molecule has 0 saturated carbocycles. The number of carboxylic acids is 2. The topological polar surface area (TPSA) is 98.2 Å². The van der Waals surface area contributed by atoms with Crippen molar-refractivity contribution < 1.29 is 24.6 Å². The highest BCUT2D eigenvalue weighted by Crippen LogP contribution is 2.24. The Morgan fingerprint density at radius 2 is 1.37 bits per heavy atom. The zero-order valence-electron chi connectivity index (χ0n) is 18.0. The predicted molar refractivity (Wildman–Crippen MR) is 114 cm³/mol. The van der Waals surface area contributed by atoms with Gasteiger partial charge in [0.25, 0.3) is 0 Å². The Hall–Kier alpha value is -2.41. The van der Waals surface area contributed by atoms with Crippen LogP contribution in [0.3, 0.4) is 0 Å². The maximum Gasteiger partial charge on any atom is 0.414 e. The van der Waals surface area contributed by atoms with Crippen LogP contribution in [-0.2, 0) is 27.3 Å². The Morgan fingerprint density at radius 1 is 0.867 bits per heavy atom. The molecular weight excluding hydrogens is 384 g/mol. The van der Waals surface area contributed by atoms with Gasteiger partial charge >= 0.3 is 11.9 Å². The number of piperidine rings is 2. The summed E-state index contributed by atoms with van der Waals surface area (Å²) in [6, 6.07) is 8.99. The van der Waals surface area contributed by atoms with E-state index >= 15 is 0 Å². The molecule has 1 aromatic carbocycles. The zero-order valence-corrected chi connectivity index (χ0v) is 18.0. The quantitative estimate of drug-likeness (QED) is 0.730. The largest absolute Gasteiger partial charge is 0.473 e. The third kappa shape index (κ3) is 7.44. The first-order valence-corrected chi connectivity index (χ1v) is 10.8. The first-order chi connectivity index (χ1) is 14.3. The van der Waals surface area contributed by atoms with Crippen LogP contribution >= 0.6 is 0 Å². The van der Waals surface area contributed by atoms with Gasteiger partial charge in [0.15, 0.2) is 0 Å². The number of aryl methyl sites for hydroxylation is 1. The number of amides is 1. The van der Waals surface area contributed by atoms with Crippen molar-refractivity contribution in [1.82, 2.24) is 9.80 Å². The van der Waals surface area contributed by atoms with Gasteiger partial charge in [-0.15, -0.1) is 0 Å². The van der Waals surface area contributed by atoms with Crippen LogP contribution in [0.5, 0.6) is 0 Å². The molecule has 2 aliphatic rings. The van der Waals surface area contributed by atoms with E-state index in [9.17, 15) is 4.79 Å². The molecule has 2 saturated heterocycles. The minimum atomic E-state index is -1.82. The summed E-state index contributed by atoms with van der Waals surface area (Å²) in [4.78, 5) is 35.5. The van der Waals surface area contributed by atoms with Crippen LogP contribution in [0.2, 0.25) is 0 Å². The van der Waals surface area contributed by atoms with E-state index in [-0.39, 0.29) is 5.92 Å². The standard InChI is InChI=1S/C21H32N2O.C2H2O4/c1-3-18-4-6-19(7-5-18)16-22-12-10-20(11-13-22)21(24)23-14-8-17(2)9-15-23;3-1(4)2(5)6/h4-7,17,20H,3,8-16H2,1-2H3;(H,3,4)(H,5,6). The number of rotatable bonds is 4. The van der Waals surface area contributed by atoms with Gasteiger partial charge in [-0.1, -0.05) is 38.1 Å². The van der Waals surface area contributed by atoms with Crippen molar-refractivity contribution in [2.75, 3.05) is 26.2 Å². The molecule has 0 radical (unpaired) electrons. The molecule has 166 valence electrons. The number of nitrogens with zero attached hydrogens (tertiary/aromatic N) is 2. The number of benzene rings is 1. The molecule has 0 atom stereocenters. The maximum atomic E-state index is 12.7. The lowest BCUT2D eigenvalue weighted by Crippen LogP contribution is -2.45. The van der Waals surface area contributed by atoms with Crippen LogP contribution in [0.4, 0.5) is 0 Å². The number of hydrogen-bond acceptors (Lipinski definition) is 4. The van der Waals surface area contributed by atoms with Crippen molar-refractivity contribution in [2.45, 2.75) is 52.5 Å². The lowest BCUT2D eigenvalue weighted by Gasteiger charge is -2.36. The number of aliphatic carboxylic acids is 2. The number of carbonyl (C=O) groups is 3. The fraction of sp³-hybridized carbons (Fsp3) is 0.609. The fourth-order valence-corrected chi connectivity index (χ4v) is 3.96. The van der Waals surface area contributed by atoms with Gasteiger partial charge in [-0.2, -0.15) is 0 Å². The number of hydrogen-bond donors (Lipinski definition) is 2. The van der Waals surface area contributed by atoms with Crippen LogP contribution in [0.1, 0.15) is 50.7 Å². The summed E-state index contributed by atoms with van der Waals surface area (Å²) in [6.07, 6.45) is 5.51. The summed E-state index contributed by atoms with van der Waals surface area (Å²) in [5, 5.41) is 14.8. The molecule has 0 aromatic heterocycles. The van der Waals surface area contributed by atoms with Crippen molar-refractivity contribution in [3.8, 4) is 0 Å². The van der Waals surface area contributed by atoms with Crippen molar-refractivity contribution in [2.24, 2.45) is 11.8 Å². The highest BCUT2D eigenvalue weighted by atomic mass is 16.4. The molecule has 0 unspecified atom stereocenters. The van der Waals surface area contributed by atoms with Crippen LogP contribution in [0, 0.1) is 11.8 Å². The molecule has 1 amide bonds. The maximum absolute atomic E-state index is 12.7. The summed E-state index contributed by atoms with van der Waals surface area (Å²) < 4.78 is 0. The Kier molecular flexibility index (Phi) is 9.30. The third-order valence-corrected chi connectivity index (χ3v) is 6.05. The normalized spacial score (nSPS) is 18.4. The lowest BCUT2D eigenvalue weighted by molar-refractivity contribution is -0.159. The van der Waals surface area contributed by atoms with Gasteiger partial charge in [0.1, 0.15) is 0 Å². The molecular formula is C23H34N2O5. The summed E-state index contributed by atoms with van der Waals surface area (Å²) >= 11 is 0. The summed E-state index contributed by atoms with van der Waals surface area (Å²) in [7, 11) is 0. The van der Waals surface area contributed by atoms with E-state index in [1.165, 1.54) is 24.0 Å². The second-order valence-electron chi connectivity index (χ2n) is 8.34. The average molecular weight is 419 g/mol. The van der Waals surface area contributed by atoms with Crippen LogP contribution in [-0.4, -0.2) is 64.0 Å². The minimum absolute atomic E-state index is 0.261. The lowest BCUT2D eigenvalue weighted by atomic mass is 9.92. The molecule has 2 heterocycles. The van der Waals surface area contributed by atoms with E-state index in [2.05, 4.69) is 47.9 Å². The van der Waals surface area contributed by atoms with Gasteiger partial charge in [0.2, 0.25) is 5.91 Å². The molecule has 3 rings (SSSR count). The number of likely N-dealkylation sites (tertiary alicyclic amines) is 2. The van der Waals surface area contributed by atoms with E-state index in [1.54, 1.807) is 0 Å². The molecule has 7 heteroatoms. The zero-order chi connectivity index (χ0) is 22.1.